The number of halogens is 1. The van der Waals surface area contributed by atoms with Gasteiger partial charge in [0, 0.05) is 62.4 Å². The molecule has 0 saturated carbocycles. The maximum Gasteiger partial charge on any atom is 0.159 e. The maximum absolute atomic E-state index is 16.0. The number of nitrogens with zero attached hydrogens (tertiary/aromatic N) is 6. The number of H-pyrrole nitrogens is 2. The van der Waals surface area contributed by atoms with E-state index in [2.05, 4.69) is 47.3 Å². The number of imidazole rings is 1. The number of pyridine rings is 2. The Morgan fingerprint density at radius 1 is 1.08 bits per heavy atom. The molecule has 36 heavy (non-hydrogen) atoms. The van der Waals surface area contributed by atoms with Crippen LogP contribution in [0.5, 0.6) is 0 Å². The zero-order valence-electron chi connectivity index (χ0n) is 20.3. The zero-order chi connectivity index (χ0) is 24.6. The Kier molecular flexibility index (Phi) is 5.82. The van der Waals surface area contributed by atoms with Crippen molar-refractivity contribution >= 4 is 27.8 Å². The lowest BCUT2D eigenvalue weighted by Gasteiger charge is -2.33. The fraction of sp³-hybridized carbons (Fsp3) is 0.308. The first-order valence-corrected chi connectivity index (χ1v) is 12.2. The molecule has 1 saturated heterocycles. The van der Waals surface area contributed by atoms with Gasteiger partial charge >= 0.3 is 0 Å². The topological polar surface area (TPSA) is 102 Å². The predicted molar refractivity (Wildman–Crippen MR) is 139 cm³/mol. The average molecular weight is 486 g/mol. The molecular formula is C26H28FN9. The predicted octanol–water partition coefficient (Wildman–Crippen LogP) is 3.56. The van der Waals surface area contributed by atoms with Crippen LogP contribution in [0.15, 0.2) is 42.9 Å². The summed E-state index contributed by atoms with van der Waals surface area (Å²) in [5.74, 6) is 0.999. The van der Waals surface area contributed by atoms with Crippen molar-refractivity contribution in [1.29, 1.82) is 0 Å². The molecule has 4 aromatic heterocycles. The molecule has 0 unspecified atom stereocenters. The summed E-state index contributed by atoms with van der Waals surface area (Å²) >= 11 is 0. The van der Waals surface area contributed by atoms with Crippen LogP contribution in [0.2, 0.25) is 0 Å². The Balaban J connectivity index is 1.42. The summed E-state index contributed by atoms with van der Waals surface area (Å²) in [6.07, 6.45) is 5.27. The van der Waals surface area contributed by atoms with Gasteiger partial charge in [0.25, 0.3) is 0 Å². The molecule has 0 spiro atoms. The van der Waals surface area contributed by atoms with E-state index in [-0.39, 0.29) is 5.82 Å². The van der Waals surface area contributed by atoms with Crippen molar-refractivity contribution in [2.75, 3.05) is 44.7 Å². The number of rotatable bonds is 6. The molecule has 0 amide bonds. The second kappa shape index (κ2) is 9.29. The Morgan fingerprint density at radius 2 is 1.94 bits per heavy atom. The standard InChI is InChI=1S/C26H28FN9/c1-3-28-13-16-12-17(15-29-14-16)18-4-5-19-21(22(18)27)24(34-33-19)25-31-20-6-7-30-26(23(20)32-25)36-10-8-35(2)9-11-36/h4-7,12,14-15,28H,3,8-11,13H2,1-2H3,(H,31,32)(H,33,34). The van der Waals surface area contributed by atoms with Crippen LogP contribution in [-0.4, -0.2) is 74.8 Å². The lowest BCUT2D eigenvalue weighted by atomic mass is 10.0. The van der Waals surface area contributed by atoms with E-state index in [0.717, 1.165) is 60.7 Å². The van der Waals surface area contributed by atoms with Crippen LogP contribution >= 0.6 is 0 Å². The second-order valence-corrected chi connectivity index (χ2v) is 9.19. The van der Waals surface area contributed by atoms with E-state index in [4.69, 9.17) is 4.98 Å². The van der Waals surface area contributed by atoms with Crippen molar-refractivity contribution in [2.24, 2.45) is 0 Å². The van der Waals surface area contributed by atoms with Gasteiger partial charge in [-0.25, -0.2) is 14.4 Å². The highest BCUT2D eigenvalue weighted by atomic mass is 19.1. The van der Waals surface area contributed by atoms with Gasteiger partial charge in [-0.1, -0.05) is 6.92 Å². The van der Waals surface area contributed by atoms with Gasteiger partial charge in [-0.15, -0.1) is 0 Å². The van der Waals surface area contributed by atoms with E-state index in [9.17, 15) is 0 Å². The normalized spacial score (nSPS) is 14.8. The highest BCUT2D eigenvalue weighted by molar-refractivity contribution is 5.97. The number of hydrogen-bond acceptors (Lipinski definition) is 7. The third-order valence-electron chi connectivity index (χ3n) is 6.76. The lowest BCUT2D eigenvalue weighted by Crippen LogP contribution is -2.44. The van der Waals surface area contributed by atoms with Crippen molar-refractivity contribution in [2.45, 2.75) is 13.5 Å². The zero-order valence-corrected chi connectivity index (χ0v) is 20.3. The van der Waals surface area contributed by atoms with Gasteiger partial charge in [0.1, 0.15) is 17.0 Å². The largest absolute Gasteiger partial charge is 0.352 e. The van der Waals surface area contributed by atoms with E-state index in [1.54, 1.807) is 24.7 Å². The fourth-order valence-electron chi connectivity index (χ4n) is 4.75. The van der Waals surface area contributed by atoms with Crippen LogP contribution in [0.25, 0.3) is 44.6 Å². The molecule has 6 rings (SSSR count). The number of fused-ring (bicyclic) bond motifs is 2. The minimum Gasteiger partial charge on any atom is -0.352 e. The summed E-state index contributed by atoms with van der Waals surface area (Å²) in [4.78, 5) is 21.7. The summed E-state index contributed by atoms with van der Waals surface area (Å²) in [6, 6.07) is 7.47. The molecule has 1 aliphatic heterocycles. The Labute approximate surface area is 207 Å². The average Bonchev–Trinajstić information content (AvgIpc) is 3.53. The highest BCUT2D eigenvalue weighted by Gasteiger charge is 2.23. The molecule has 1 fully saturated rings. The molecule has 1 aromatic carbocycles. The minimum atomic E-state index is -0.350. The number of piperazine rings is 1. The third-order valence-corrected chi connectivity index (χ3v) is 6.76. The van der Waals surface area contributed by atoms with Crippen molar-refractivity contribution in [3.63, 3.8) is 0 Å². The van der Waals surface area contributed by atoms with Crippen LogP contribution in [-0.2, 0) is 6.54 Å². The molecule has 0 bridgehead atoms. The van der Waals surface area contributed by atoms with Crippen LogP contribution in [0, 0.1) is 5.82 Å². The van der Waals surface area contributed by atoms with Gasteiger partial charge in [-0.2, -0.15) is 5.10 Å². The lowest BCUT2D eigenvalue weighted by molar-refractivity contribution is 0.312. The van der Waals surface area contributed by atoms with Crippen LogP contribution in [0.1, 0.15) is 12.5 Å². The molecule has 9 nitrogen and oxygen atoms in total. The summed E-state index contributed by atoms with van der Waals surface area (Å²) in [6.45, 7) is 7.29. The Bertz CT molecular complexity index is 1530. The maximum atomic E-state index is 16.0. The fourth-order valence-corrected chi connectivity index (χ4v) is 4.75. The number of nitrogens with one attached hydrogen (secondary N) is 3. The number of aromatic amines is 2. The highest BCUT2D eigenvalue weighted by Crippen LogP contribution is 2.35. The molecule has 1 aliphatic rings. The summed E-state index contributed by atoms with van der Waals surface area (Å²) in [5, 5.41) is 11.1. The first-order valence-electron chi connectivity index (χ1n) is 12.2. The van der Waals surface area contributed by atoms with Crippen LogP contribution < -0.4 is 10.2 Å². The molecule has 184 valence electrons. The van der Waals surface area contributed by atoms with E-state index >= 15 is 4.39 Å². The molecule has 10 heteroatoms. The van der Waals surface area contributed by atoms with Gasteiger partial charge in [0.15, 0.2) is 11.6 Å². The van der Waals surface area contributed by atoms with Gasteiger partial charge in [-0.3, -0.25) is 10.1 Å². The third kappa shape index (κ3) is 3.98. The molecule has 5 aromatic rings. The minimum absolute atomic E-state index is 0.350. The van der Waals surface area contributed by atoms with E-state index in [0.29, 0.717) is 34.5 Å². The number of benzene rings is 1. The van der Waals surface area contributed by atoms with Crippen molar-refractivity contribution in [3.8, 4) is 22.6 Å². The second-order valence-electron chi connectivity index (χ2n) is 9.19. The van der Waals surface area contributed by atoms with E-state index in [1.165, 1.54) is 0 Å². The van der Waals surface area contributed by atoms with Gasteiger partial charge < -0.3 is 20.1 Å². The van der Waals surface area contributed by atoms with E-state index < -0.39 is 0 Å². The molecule has 0 aliphatic carbocycles. The number of aromatic nitrogens is 6. The van der Waals surface area contributed by atoms with E-state index in [1.807, 2.05) is 25.1 Å². The van der Waals surface area contributed by atoms with Crippen molar-refractivity contribution in [3.05, 3.63) is 54.2 Å². The van der Waals surface area contributed by atoms with Crippen molar-refractivity contribution in [1.82, 2.24) is 40.3 Å². The van der Waals surface area contributed by atoms with Crippen LogP contribution in [0.3, 0.4) is 0 Å². The molecule has 5 heterocycles. The molecule has 3 N–H and O–H groups in total. The Morgan fingerprint density at radius 3 is 2.78 bits per heavy atom. The van der Waals surface area contributed by atoms with Crippen molar-refractivity contribution < 1.29 is 4.39 Å². The summed E-state index contributed by atoms with van der Waals surface area (Å²) in [5.41, 5.74) is 4.88. The monoisotopic (exact) mass is 485 g/mol. The smallest absolute Gasteiger partial charge is 0.159 e. The number of hydrogen-bond donors (Lipinski definition) is 3. The summed E-state index contributed by atoms with van der Waals surface area (Å²) in [7, 11) is 2.12. The quantitative estimate of drug-likeness (QED) is 0.338. The number of anilines is 1. The van der Waals surface area contributed by atoms with Gasteiger partial charge in [-0.05, 0) is 43.4 Å². The van der Waals surface area contributed by atoms with Gasteiger partial charge in [0.05, 0.1) is 16.4 Å². The Hall–Kier alpha value is -3.89. The van der Waals surface area contributed by atoms with Crippen LogP contribution in [0.4, 0.5) is 10.2 Å². The van der Waals surface area contributed by atoms with Gasteiger partial charge in [0.2, 0.25) is 0 Å². The summed E-state index contributed by atoms with van der Waals surface area (Å²) < 4.78 is 16.0. The molecule has 0 radical (unpaired) electrons. The first-order chi connectivity index (χ1) is 17.6. The molecular weight excluding hydrogens is 457 g/mol. The number of likely N-dealkylation sites (N-methyl/N-ethyl adjacent to an activating group) is 1. The molecule has 0 atom stereocenters. The first kappa shape index (κ1) is 22.6. The SMILES string of the molecule is CCNCc1cncc(-c2ccc3[nH]nc(-c4nc5c(N6CCN(C)CC6)nccc5[nH]4)c3c2F)c1.